The van der Waals surface area contributed by atoms with Crippen molar-refractivity contribution in [1.82, 2.24) is 15.5 Å². The van der Waals surface area contributed by atoms with Gasteiger partial charge in [-0.2, -0.15) is 0 Å². The van der Waals surface area contributed by atoms with Crippen molar-refractivity contribution in [1.29, 1.82) is 0 Å². The van der Waals surface area contributed by atoms with Crippen molar-refractivity contribution in [2.24, 2.45) is 11.8 Å². The van der Waals surface area contributed by atoms with Crippen LogP contribution in [-0.4, -0.2) is 48.4 Å². The van der Waals surface area contributed by atoms with E-state index in [1.807, 2.05) is 66.4 Å². The van der Waals surface area contributed by atoms with Gasteiger partial charge in [-0.3, -0.25) is 9.59 Å². The number of benzene rings is 2. The molecule has 2 aromatic rings. The van der Waals surface area contributed by atoms with Crippen molar-refractivity contribution < 1.29 is 14.4 Å². The van der Waals surface area contributed by atoms with Gasteiger partial charge >= 0.3 is 6.03 Å². The Labute approximate surface area is 194 Å². The third-order valence-corrected chi connectivity index (χ3v) is 7.44. The number of hydrogen-bond acceptors (Lipinski definition) is 3. The summed E-state index contributed by atoms with van der Waals surface area (Å²) in [5.74, 6) is -0.657. The highest BCUT2D eigenvalue weighted by Gasteiger charge is 2.63. The Morgan fingerprint density at radius 1 is 1.06 bits per heavy atom. The van der Waals surface area contributed by atoms with E-state index < -0.39 is 17.4 Å². The number of nitrogens with zero attached hydrogens (tertiary/aromatic N) is 2. The van der Waals surface area contributed by atoms with Crippen LogP contribution in [0, 0.1) is 11.8 Å². The number of para-hydroxylation sites is 1. The maximum absolute atomic E-state index is 14.1. The number of anilines is 1. The average molecular weight is 447 g/mol. The summed E-state index contributed by atoms with van der Waals surface area (Å²) in [6.07, 6.45) is 2.24. The van der Waals surface area contributed by atoms with Gasteiger partial charge in [-0.05, 0) is 42.9 Å². The zero-order valence-corrected chi connectivity index (χ0v) is 19.1. The predicted molar refractivity (Wildman–Crippen MR) is 126 cm³/mol. The highest BCUT2D eigenvalue weighted by molar-refractivity contribution is 6.07. The molecule has 2 heterocycles. The SMILES string of the molecule is CNC(=O)[C@H]1CN(C(=O)NCc2ccccc2)[C@]2(C)C(=O)N(CC3CC3)c3ccccc3[C@H]12. The zero-order chi connectivity index (χ0) is 23.2. The van der Waals surface area contributed by atoms with Crippen molar-refractivity contribution >= 4 is 23.5 Å². The lowest BCUT2D eigenvalue weighted by Gasteiger charge is -2.46. The van der Waals surface area contributed by atoms with Crippen LogP contribution in [0.5, 0.6) is 0 Å². The zero-order valence-electron chi connectivity index (χ0n) is 19.1. The minimum atomic E-state index is -1.14. The molecule has 1 aliphatic carbocycles. The van der Waals surface area contributed by atoms with Crippen molar-refractivity contribution in [2.75, 3.05) is 25.0 Å². The summed E-state index contributed by atoms with van der Waals surface area (Å²) in [6, 6.07) is 17.2. The smallest absolute Gasteiger partial charge is 0.318 e. The molecule has 1 saturated carbocycles. The lowest BCUT2D eigenvalue weighted by molar-refractivity contribution is -0.129. The van der Waals surface area contributed by atoms with Gasteiger partial charge in [0.25, 0.3) is 5.91 Å². The average Bonchev–Trinajstić information content (AvgIpc) is 3.61. The van der Waals surface area contributed by atoms with Crippen LogP contribution >= 0.6 is 0 Å². The largest absolute Gasteiger partial charge is 0.359 e. The van der Waals surface area contributed by atoms with Crippen molar-refractivity contribution in [3.63, 3.8) is 0 Å². The van der Waals surface area contributed by atoms with Gasteiger partial charge in [-0.15, -0.1) is 0 Å². The van der Waals surface area contributed by atoms with E-state index in [2.05, 4.69) is 10.6 Å². The Hall–Kier alpha value is -3.35. The molecule has 0 spiro atoms. The highest BCUT2D eigenvalue weighted by Crippen LogP contribution is 2.53. The number of hydrogen-bond donors (Lipinski definition) is 2. The predicted octanol–water partition coefficient (Wildman–Crippen LogP) is 2.87. The number of amides is 4. The second kappa shape index (κ2) is 8.21. The molecule has 1 saturated heterocycles. The van der Waals surface area contributed by atoms with Crippen LogP contribution in [0.3, 0.4) is 0 Å². The molecule has 2 fully saturated rings. The van der Waals surface area contributed by atoms with Gasteiger partial charge in [0.05, 0.1) is 5.92 Å². The number of nitrogens with one attached hydrogen (secondary N) is 2. The van der Waals surface area contributed by atoms with E-state index >= 15 is 0 Å². The number of likely N-dealkylation sites (tertiary alicyclic amines) is 1. The lowest BCUT2D eigenvalue weighted by Crippen LogP contribution is -2.63. The monoisotopic (exact) mass is 446 g/mol. The maximum Gasteiger partial charge on any atom is 0.318 e. The number of carbonyl (C=O) groups excluding carboxylic acids is 3. The Kier molecular flexibility index (Phi) is 5.35. The fourth-order valence-electron chi connectivity index (χ4n) is 5.52. The Bertz CT molecular complexity index is 1080. The van der Waals surface area contributed by atoms with Gasteiger partial charge in [-0.1, -0.05) is 48.5 Å². The summed E-state index contributed by atoms with van der Waals surface area (Å²) in [7, 11) is 1.60. The number of fused-ring (bicyclic) bond motifs is 3. The summed E-state index contributed by atoms with van der Waals surface area (Å²) in [4.78, 5) is 43.9. The van der Waals surface area contributed by atoms with E-state index in [0.717, 1.165) is 29.7 Å². The first-order valence-electron chi connectivity index (χ1n) is 11.7. The number of urea groups is 1. The fourth-order valence-corrected chi connectivity index (χ4v) is 5.52. The summed E-state index contributed by atoms with van der Waals surface area (Å²) in [5.41, 5.74) is 1.68. The molecule has 4 amide bonds. The molecule has 7 heteroatoms. The molecule has 7 nitrogen and oxygen atoms in total. The molecule has 2 N–H and O–H groups in total. The molecule has 3 aliphatic rings. The molecule has 5 rings (SSSR count). The Balaban J connectivity index is 1.53. The molecule has 2 aliphatic heterocycles. The molecule has 33 heavy (non-hydrogen) atoms. The first-order chi connectivity index (χ1) is 15.9. The van der Waals surface area contributed by atoms with Crippen molar-refractivity contribution in [3.05, 3.63) is 65.7 Å². The highest BCUT2D eigenvalue weighted by atomic mass is 16.2. The summed E-state index contributed by atoms with van der Waals surface area (Å²) < 4.78 is 0. The third-order valence-electron chi connectivity index (χ3n) is 7.44. The van der Waals surface area contributed by atoms with E-state index in [9.17, 15) is 14.4 Å². The summed E-state index contributed by atoms with van der Waals surface area (Å²) >= 11 is 0. The lowest BCUT2D eigenvalue weighted by atomic mass is 9.71. The first-order valence-corrected chi connectivity index (χ1v) is 11.7. The van der Waals surface area contributed by atoms with Crippen molar-refractivity contribution in [3.8, 4) is 0 Å². The molecule has 0 radical (unpaired) electrons. The quantitative estimate of drug-likeness (QED) is 0.741. The number of rotatable bonds is 5. The van der Waals surface area contributed by atoms with Crippen molar-refractivity contribution in [2.45, 2.75) is 37.8 Å². The molecule has 0 bridgehead atoms. The molecular weight excluding hydrogens is 416 g/mol. The van der Waals surface area contributed by atoms with E-state index in [4.69, 9.17) is 0 Å². The third kappa shape index (κ3) is 3.56. The Morgan fingerprint density at radius 3 is 2.45 bits per heavy atom. The van der Waals surface area contributed by atoms with Gasteiger partial charge < -0.3 is 20.4 Å². The van der Waals surface area contributed by atoms with E-state index in [-0.39, 0.29) is 24.4 Å². The molecule has 3 atom stereocenters. The van der Waals surface area contributed by atoms with E-state index in [1.54, 1.807) is 11.9 Å². The van der Waals surface area contributed by atoms with Crippen LogP contribution in [0.4, 0.5) is 10.5 Å². The normalized spacial score (nSPS) is 25.9. The molecule has 0 unspecified atom stereocenters. The van der Waals surface area contributed by atoms with Gasteiger partial charge in [0.15, 0.2) is 0 Å². The second-order valence-electron chi connectivity index (χ2n) is 9.52. The van der Waals surface area contributed by atoms with Crippen LogP contribution < -0.4 is 15.5 Å². The second-order valence-corrected chi connectivity index (χ2v) is 9.52. The maximum atomic E-state index is 14.1. The van der Waals surface area contributed by atoms with Crippen LogP contribution in [0.25, 0.3) is 0 Å². The van der Waals surface area contributed by atoms with Crippen LogP contribution in [-0.2, 0) is 16.1 Å². The van der Waals surface area contributed by atoms with Gasteiger partial charge in [0.1, 0.15) is 5.54 Å². The van der Waals surface area contributed by atoms with E-state index in [1.165, 1.54) is 0 Å². The fraction of sp³-hybridized carbons (Fsp3) is 0.423. The van der Waals surface area contributed by atoms with Gasteiger partial charge in [0, 0.05) is 38.3 Å². The number of carbonyl (C=O) groups is 3. The van der Waals surface area contributed by atoms with E-state index in [0.29, 0.717) is 19.0 Å². The Morgan fingerprint density at radius 2 is 1.76 bits per heavy atom. The van der Waals surface area contributed by atoms with Gasteiger partial charge in [0.2, 0.25) is 5.91 Å². The molecule has 172 valence electrons. The topological polar surface area (TPSA) is 81.8 Å². The van der Waals surface area contributed by atoms with Crippen LogP contribution in [0.2, 0.25) is 0 Å². The standard InChI is InChI=1S/C26H30N4O3/c1-26-22(19-10-6-7-11-21(19)29(24(26)32)15-18-12-13-18)20(23(31)27-2)16-30(26)25(33)28-14-17-8-4-3-5-9-17/h3-11,18,20,22H,12-16H2,1-2H3,(H,27,31)(H,28,33)/t20-,22+,26-/m0/s1. The minimum Gasteiger partial charge on any atom is -0.359 e. The summed E-state index contributed by atoms with van der Waals surface area (Å²) in [6.45, 7) is 3.04. The first kappa shape index (κ1) is 21.5. The molecule has 2 aromatic carbocycles. The van der Waals surface area contributed by atoms with Gasteiger partial charge in [-0.25, -0.2) is 4.79 Å². The molecular formula is C26H30N4O3. The minimum absolute atomic E-state index is 0.0978. The summed E-state index contributed by atoms with van der Waals surface area (Å²) in [5, 5.41) is 5.73. The van der Waals surface area contributed by atoms with Crippen LogP contribution in [0.15, 0.2) is 54.6 Å². The molecule has 0 aromatic heterocycles. The van der Waals surface area contributed by atoms with Crippen LogP contribution in [0.1, 0.15) is 36.8 Å².